The van der Waals surface area contributed by atoms with Crippen molar-refractivity contribution in [2.24, 2.45) is 0 Å². The molecule has 22 nitrogen and oxygen atoms in total. The smallest absolute Gasteiger partial charge is 0.308 e. The molecule has 406 valence electrons. The average Bonchev–Trinajstić information content (AvgIpc) is 3.28. The molecule has 0 saturated carbocycles. The number of esters is 2. The lowest BCUT2D eigenvalue weighted by molar-refractivity contribution is -0.157. The highest BCUT2D eigenvalue weighted by Crippen LogP contribution is 2.09. The van der Waals surface area contributed by atoms with Crippen LogP contribution in [0.5, 0.6) is 0 Å². The fourth-order valence-electron chi connectivity index (χ4n) is 4.47. The van der Waals surface area contributed by atoms with Crippen molar-refractivity contribution in [2.45, 2.75) is 65.6 Å². The summed E-state index contributed by atoms with van der Waals surface area (Å²) in [6.45, 7) is 25.4. The molecule has 0 aromatic heterocycles. The summed E-state index contributed by atoms with van der Waals surface area (Å²) in [5.74, 6) is -0.529. The van der Waals surface area contributed by atoms with Crippen LogP contribution in [0.15, 0.2) is 0 Å². The molecule has 0 unspecified atom stereocenters. The zero-order chi connectivity index (χ0) is 50.3. The predicted octanol–water partition coefficient (Wildman–Crippen LogP) is 1.89. The molecule has 0 heterocycles. The fraction of sp³-hybridized carbons (Fsp3) is 0.935. The van der Waals surface area contributed by atoms with Crippen LogP contribution in [0, 0.1) is 0 Å². The van der Waals surface area contributed by atoms with Gasteiger partial charge in [-0.3, -0.25) is 9.59 Å². The van der Waals surface area contributed by atoms with Crippen LogP contribution in [-0.4, -0.2) is 253 Å². The molecule has 0 saturated heterocycles. The van der Waals surface area contributed by atoms with Crippen LogP contribution >= 0.6 is 0 Å². The van der Waals surface area contributed by atoms with E-state index in [1.165, 1.54) is 0 Å². The quantitative estimate of drug-likeness (QED) is 0.0520. The summed E-state index contributed by atoms with van der Waals surface area (Å²) < 4.78 is 95.6. The second kappa shape index (κ2) is 54.3. The van der Waals surface area contributed by atoms with Gasteiger partial charge >= 0.3 is 11.9 Å². The van der Waals surface area contributed by atoms with Crippen molar-refractivity contribution in [2.75, 3.05) is 218 Å². The van der Waals surface area contributed by atoms with E-state index in [0.717, 1.165) is 0 Å². The molecule has 0 bridgehead atoms. The molecule has 0 aromatic rings. The van der Waals surface area contributed by atoms with Gasteiger partial charge < -0.3 is 95.2 Å². The summed E-state index contributed by atoms with van der Waals surface area (Å²) in [6, 6.07) is 0. The van der Waals surface area contributed by atoms with Crippen LogP contribution < -0.4 is 0 Å². The minimum absolute atomic E-state index is 0.0244. The average molecular weight is 995 g/mol. The lowest BCUT2D eigenvalue weighted by Crippen LogP contribution is -2.24. The van der Waals surface area contributed by atoms with Crippen molar-refractivity contribution in [1.29, 1.82) is 0 Å². The van der Waals surface area contributed by atoms with Gasteiger partial charge in [-0.15, -0.1) is 0 Å². The first-order chi connectivity index (χ1) is 32.9. The Bertz CT molecular complexity index is 1040. The van der Waals surface area contributed by atoms with E-state index in [2.05, 4.69) is 0 Å². The number of ether oxygens (including phenoxy) is 18. The SMILES string of the molecule is CC(C)(C)OC(=O)CCOCCOCCOCCOCCOCCOCCOCCOCC=O.CC(C)(C)OC(=O)CCOCCOCCOCCOCCOCCOCCOCCOCCO. The van der Waals surface area contributed by atoms with Crippen LogP contribution in [0.4, 0.5) is 0 Å². The third-order valence-corrected chi connectivity index (χ3v) is 7.37. The Balaban J connectivity index is 0. The molecule has 0 radical (unpaired) electrons. The fourth-order valence-corrected chi connectivity index (χ4v) is 4.47. The molecule has 0 aliphatic heterocycles. The Hall–Kier alpha value is -2.07. The first kappa shape index (κ1) is 68.0. The minimum Gasteiger partial charge on any atom is -0.460 e. The second-order valence-electron chi connectivity index (χ2n) is 15.8. The molecular weight excluding hydrogens is 904 g/mol. The standard InChI is InChI=1S/C23H46O11.C23H44O11/c2*1-23(2,3)34-22(25)4-6-26-8-10-28-12-14-30-16-18-32-20-21-33-19-17-31-15-13-29-11-9-27-7-5-24/h24H,4-21H2,1-3H3;5H,4,6-21H2,1-3H3. The van der Waals surface area contributed by atoms with Gasteiger partial charge in [0.15, 0.2) is 0 Å². The summed E-state index contributed by atoms with van der Waals surface area (Å²) >= 11 is 0. The van der Waals surface area contributed by atoms with Crippen molar-refractivity contribution >= 4 is 18.2 Å². The van der Waals surface area contributed by atoms with Crippen LogP contribution in [0.1, 0.15) is 54.4 Å². The van der Waals surface area contributed by atoms with E-state index >= 15 is 0 Å². The second-order valence-corrected chi connectivity index (χ2v) is 15.8. The molecular formula is C46H90O22. The van der Waals surface area contributed by atoms with Crippen molar-refractivity contribution in [3.63, 3.8) is 0 Å². The molecule has 22 heteroatoms. The number of rotatable bonds is 52. The van der Waals surface area contributed by atoms with Gasteiger partial charge in [-0.05, 0) is 41.5 Å². The maximum Gasteiger partial charge on any atom is 0.308 e. The number of carbonyl (C=O) groups excluding carboxylic acids is 3. The highest BCUT2D eigenvalue weighted by Gasteiger charge is 2.16. The number of hydrogen-bond donors (Lipinski definition) is 1. The molecule has 0 amide bonds. The molecule has 0 rings (SSSR count). The first-order valence-corrected chi connectivity index (χ1v) is 23.6. The summed E-state index contributed by atoms with van der Waals surface area (Å²) in [5, 5.41) is 8.55. The van der Waals surface area contributed by atoms with E-state index < -0.39 is 11.2 Å². The van der Waals surface area contributed by atoms with E-state index in [-0.39, 0.29) is 38.0 Å². The zero-order valence-corrected chi connectivity index (χ0v) is 42.3. The molecule has 1 N–H and O–H groups in total. The van der Waals surface area contributed by atoms with Crippen LogP contribution in [0.3, 0.4) is 0 Å². The highest BCUT2D eigenvalue weighted by atomic mass is 16.6. The van der Waals surface area contributed by atoms with Crippen LogP contribution in [0.2, 0.25) is 0 Å². The molecule has 0 aromatic carbocycles. The van der Waals surface area contributed by atoms with Gasteiger partial charge in [-0.1, -0.05) is 0 Å². The van der Waals surface area contributed by atoms with Crippen LogP contribution in [-0.2, 0) is 99.6 Å². The largest absolute Gasteiger partial charge is 0.460 e. The normalized spacial score (nSPS) is 11.7. The molecule has 0 aliphatic carbocycles. The predicted molar refractivity (Wildman–Crippen MR) is 247 cm³/mol. The van der Waals surface area contributed by atoms with Crippen LogP contribution in [0.25, 0.3) is 0 Å². The molecule has 0 atom stereocenters. The molecule has 68 heavy (non-hydrogen) atoms. The van der Waals surface area contributed by atoms with Gasteiger partial charge in [0.2, 0.25) is 0 Å². The molecule has 0 fully saturated rings. The lowest BCUT2D eigenvalue weighted by atomic mass is 10.2. The van der Waals surface area contributed by atoms with Gasteiger partial charge in [-0.25, -0.2) is 0 Å². The highest BCUT2D eigenvalue weighted by molar-refractivity contribution is 5.70. The topological polar surface area (TPSA) is 238 Å². The molecule has 0 spiro atoms. The molecule has 0 aliphatic rings. The van der Waals surface area contributed by atoms with Crippen molar-refractivity contribution in [3.8, 4) is 0 Å². The van der Waals surface area contributed by atoms with Gasteiger partial charge in [0.1, 0.15) is 24.1 Å². The van der Waals surface area contributed by atoms with Crippen molar-refractivity contribution in [3.05, 3.63) is 0 Å². The Morgan fingerprint density at radius 3 is 0.662 bits per heavy atom. The van der Waals surface area contributed by atoms with Crippen molar-refractivity contribution < 1.29 is 105 Å². The van der Waals surface area contributed by atoms with E-state index in [4.69, 9.17) is 90.4 Å². The summed E-state index contributed by atoms with van der Waals surface area (Å²) in [6.07, 6.45) is 1.18. The van der Waals surface area contributed by atoms with E-state index in [0.29, 0.717) is 211 Å². The van der Waals surface area contributed by atoms with Gasteiger partial charge in [0, 0.05) is 0 Å². The third kappa shape index (κ3) is 66.0. The summed E-state index contributed by atoms with van der Waals surface area (Å²) in [5.41, 5.74) is -0.938. The van der Waals surface area contributed by atoms with Crippen molar-refractivity contribution in [1.82, 2.24) is 0 Å². The van der Waals surface area contributed by atoms with E-state index in [1.54, 1.807) is 0 Å². The Morgan fingerprint density at radius 1 is 0.309 bits per heavy atom. The van der Waals surface area contributed by atoms with Gasteiger partial charge in [-0.2, -0.15) is 0 Å². The van der Waals surface area contributed by atoms with Gasteiger partial charge in [0.05, 0.1) is 224 Å². The number of aliphatic hydroxyl groups excluding tert-OH is 1. The number of hydrogen-bond acceptors (Lipinski definition) is 22. The Labute approximate surface area is 405 Å². The summed E-state index contributed by atoms with van der Waals surface area (Å²) in [4.78, 5) is 33.0. The Morgan fingerprint density at radius 2 is 0.485 bits per heavy atom. The Kier molecular flexibility index (Phi) is 54.3. The monoisotopic (exact) mass is 995 g/mol. The number of aldehydes is 1. The van der Waals surface area contributed by atoms with E-state index in [1.807, 2.05) is 41.5 Å². The maximum atomic E-state index is 11.5. The summed E-state index contributed by atoms with van der Waals surface area (Å²) in [7, 11) is 0. The number of aliphatic hydroxyl groups is 1. The maximum absolute atomic E-state index is 11.5. The first-order valence-electron chi connectivity index (χ1n) is 23.6. The van der Waals surface area contributed by atoms with E-state index in [9.17, 15) is 14.4 Å². The van der Waals surface area contributed by atoms with Gasteiger partial charge in [0.25, 0.3) is 0 Å². The third-order valence-electron chi connectivity index (χ3n) is 7.37. The number of carbonyl (C=O) groups is 3. The zero-order valence-electron chi connectivity index (χ0n) is 42.3. The minimum atomic E-state index is -0.470. The lowest BCUT2D eigenvalue weighted by Gasteiger charge is -2.19.